The van der Waals surface area contributed by atoms with E-state index >= 15 is 0 Å². The number of hydrogen-bond donors (Lipinski definition) is 1. The monoisotopic (exact) mass is 222 g/mol. The number of hydrogen-bond acceptors (Lipinski definition) is 1. The summed E-state index contributed by atoms with van der Waals surface area (Å²) in [6.07, 6.45) is 0.288. The molecule has 2 nitrogen and oxygen atoms in total. The molecule has 2 rings (SSSR count). The number of aryl methyl sites for hydroxylation is 1. The van der Waals surface area contributed by atoms with Crippen molar-refractivity contribution in [3.63, 3.8) is 0 Å². The van der Waals surface area contributed by atoms with E-state index in [-0.39, 0.29) is 16.6 Å². The molecule has 0 saturated heterocycles. The summed E-state index contributed by atoms with van der Waals surface area (Å²) in [5.41, 5.74) is 0.597. The third kappa shape index (κ3) is 0.903. The molecule has 1 aliphatic carbocycles. The molecule has 0 bridgehead atoms. The summed E-state index contributed by atoms with van der Waals surface area (Å²) in [5.74, 6) is -2.69. The van der Waals surface area contributed by atoms with Crippen molar-refractivity contribution in [3.8, 4) is 0 Å². The van der Waals surface area contributed by atoms with Crippen LogP contribution in [0.3, 0.4) is 0 Å². The summed E-state index contributed by atoms with van der Waals surface area (Å²) in [4.78, 5) is 0. The lowest BCUT2D eigenvalue weighted by molar-refractivity contribution is -0.00271. The van der Waals surface area contributed by atoms with Crippen molar-refractivity contribution in [2.45, 2.75) is 18.8 Å². The molecule has 1 aromatic rings. The molecule has 1 N–H and O–H groups in total. The molecule has 0 fully saturated rings. The molecule has 11 heavy (non-hydrogen) atoms. The van der Waals surface area contributed by atoms with Gasteiger partial charge in [0.1, 0.15) is 4.60 Å². The van der Waals surface area contributed by atoms with Crippen LogP contribution in [-0.2, 0) is 12.3 Å². The van der Waals surface area contributed by atoms with Crippen LogP contribution in [0.25, 0.3) is 0 Å². The van der Waals surface area contributed by atoms with Crippen LogP contribution in [0.5, 0.6) is 0 Å². The quantitative estimate of drug-likeness (QED) is 0.717. The van der Waals surface area contributed by atoms with Gasteiger partial charge in [0.25, 0.3) is 5.92 Å². The van der Waals surface area contributed by atoms with Gasteiger partial charge in [0.05, 0.1) is 5.56 Å². The molecule has 0 amide bonds. The van der Waals surface area contributed by atoms with Gasteiger partial charge in [0.2, 0.25) is 0 Å². The first-order chi connectivity index (χ1) is 5.11. The Labute approximate surface area is 70.1 Å². The number of alkyl halides is 2. The molecule has 1 heterocycles. The third-order valence-corrected chi connectivity index (χ3v) is 2.43. The van der Waals surface area contributed by atoms with Crippen LogP contribution in [0.4, 0.5) is 8.78 Å². The molecule has 0 aromatic carbocycles. The van der Waals surface area contributed by atoms with Gasteiger partial charge in [-0.3, -0.25) is 5.10 Å². The van der Waals surface area contributed by atoms with E-state index in [4.69, 9.17) is 0 Å². The number of H-pyrrole nitrogens is 1. The standard InChI is InChI=1S/C6H5BrF2N2/c7-5-4-3(10-11-5)1-2-6(4,8)9/h1-2H2,(H,10,11). The summed E-state index contributed by atoms with van der Waals surface area (Å²) in [6, 6.07) is 0. The topological polar surface area (TPSA) is 28.7 Å². The number of rotatable bonds is 0. The van der Waals surface area contributed by atoms with Crippen molar-refractivity contribution >= 4 is 15.9 Å². The van der Waals surface area contributed by atoms with Gasteiger partial charge in [-0.25, -0.2) is 8.78 Å². The van der Waals surface area contributed by atoms with E-state index in [1.807, 2.05) is 0 Å². The summed E-state index contributed by atoms with van der Waals surface area (Å²) in [6.45, 7) is 0. The van der Waals surface area contributed by atoms with E-state index in [9.17, 15) is 8.78 Å². The summed E-state index contributed by atoms with van der Waals surface area (Å²) in [7, 11) is 0. The number of nitrogens with one attached hydrogen (secondary N) is 1. The van der Waals surface area contributed by atoms with Crippen LogP contribution in [0.2, 0.25) is 0 Å². The van der Waals surface area contributed by atoms with Gasteiger partial charge in [-0.1, -0.05) is 0 Å². The molecule has 0 aliphatic heterocycles. The highest BCUT2D eigenvalue weighted by molar-refractivity contribution is 9.10. The highest BCUT2D eigenvalue weighted by atomic mass is 79.9. The number of aromatic nitrogens is 2. The molecule has 0 spiro atoms. The van der Waals surface area contributed by atoms with Gasteiger partial charge in [-0.2, -0.15) is 5.10 Å². The molecule has 60 valence electrons. The predicted molar refractivity (Wildman–Crippen MR) is 38.5 cm³/mol. The number of fused-ring (bicyclic) bond motifs is 1. The van der Waals surface area contributed by atoms with Crippen LogP contribution < -0.4 is 0 Å². The maximum absolute atomic E-state index is 12.9. The largest absolute Gasteiger partial charge is 0.281 e. The SMILES string of the molecule is FC1(F)CCc2[nH]nc(Br)c21. The van der Waals surface area contributed by atoms with Gasteiger partial charge in [-0.05, 0) is 22.4 Å². The highest BCUT2D eigenvalue weighted by Gasteiger charge is 2.42. The minimum atomic E-state index is -2.69. The minimum absolute atomic E-state index is 0.0394. The zero-order chi connectivity index (χ0) is 8.06. The van der Waals surface area contributed by atoms with Crippen molar-refractivity contribution in [1.29, 1.82) is 0 Å². The second-order valence-corrected chi connectivity index (χ2v) is 3.32. The van der Waals surface area contributed by atoms with E-state index < -0.39 is 5.92 Å². The Balaban J connectivity index is 2.60. The molecule has 0 atom stereocenters. The Hall–Kier alpha value is -0.450. The molecule has 1 aliphatic rings. The van der Waals surface area contributed by atoms with E-state index in [0.29, 0.717) is 12.1 Å². The number of aromatic amines is 1. The van der Waals surface area contributed by atoms with E-state index in [0.717, 1.165) is 0 Å². The third-order valence-electron chi connectivity index (χ3n) is 1.85. The molecule has 0 saturated carbocycles. The van der Waals surface area contributed by atoms with Gasteiger partial charge < -0.3 is 0 Å². The van der Waals surface area contributed by atoms with Crippen LogP contribution in [-0.4, -0.2) is 10.2 Å². The first-order valence-electron chi connectivity index (χ1n) is 3.22. The first-order valence-corrected chi connectivity index (χ1v) is 4.01. The second-order valence-electron chi connectivity index (χ2n) is 2.57. The Bertz CT molecular complexity index is 295. The lowest BCUT2D eigenvalue weighted by Gasteiger charge is -2.06. The highest BCUT2D eigenvalue weighted by Crippen LogP contribution is 2.43. The molecular formula is C6H5BrF2N2. The van der Waals surface area contributed by atoms with Gasteiger partial charge in [-0.15, -0.1) is 0 Å². The zero-order valence-corrected chi connectivity index (χ0v) is 7.08. The average molecular weight is 223 g/mol. The van der Waals surface area contributed by atoms with Crippen LogP contribution in [0.15, 0.2) is 4.60 Å². The Morgan fingerprint density at radius 2 is 2.27 bits per heavy atom. The number of nitrogens with zero attached hydrogens (tertiary/aromatic N) is 1. The summed E-state index contributed by atoms with van der Waals surface area (Å²) < 4.78 is 26.1. The molecule has 0 unspecified atom stereocenters. The summed E-state index contributed by atoms with van der Waals surface area (Å²) in [5, 5.41) is 6.21. The lowest BCUT2D eigenvalue weighted by atomic mass is 10.2. The Morgan fingerprint density at radius 1 is 1.55 bits per heavy atom. The second kappa shape index (κ2) is 2.03. The molecular weight excluding hydrogens is 218 g/mol. The molecule has 5 heteroatoms. The van der Waals surface area contributed by atoms with Crippen molar-refractivity contribution in [1.82, 2.24) is 10.2 Å². The maximum Gasteiger partial charge on any atom is 0.278 e. The fraction of sp³-hybridized carbons (Fsp3) is 0.500. The summed E-state index contributed by atoms with van der Waals surface area (Å²) >= 11 is 2.97. The van der Waals surface area contributed by atoms with Crippen molar-refractivity contribution in [2.75, 3.05) is 0 Å². The zero-order valence-electron chi connectivity index (χ0n) is 5.50. The normalized spacial score (nSPS) is 20.3. The molecule has 1 aromatic heterocycles. The van der Waals surface area contributed by atoms with Gasteiger partial charge in [0, 0.05) is 12.1 Å². The van der Waals surface area contributed by atoms with Crippen molar-refractivity contribution in [2.24, 2.45) is 0 Å². The fourth-order valence-electron chi connectivity index (χ4n) is 1.31. The minimum Gasteiger partial charge on any atom is -0.281 e. The molecule has 0 radical (unpaired) electrons. The average Bonchev–Trinajstić information content (AvgIpc) is 2.38. The van der Waals surface area contributed by atoms with E-state index in [1.54, 1.807) is 0 Å². The Morgan fingerprint density at radius 3 is 2.91 bits per heavy atom. The van der Waals surface area contributed by atoms with E-state index in [1.165, 1.54) is 0 Å². The van der Waals surface area contributed by atoms with Crippen molar-refractivity contribution in [3.05, 3.63) is 15.9 Å². The lowest BCUT2D eigenvalue weighted by Crippen LogP contribution is -2.07. The van der Waals surface area contributed by atoms with Crippen LogP contribution >= 0.6 is 15.9 Å². The predicted octanol–water partition coefficient (Wildman–Crippen LogP) is 2.21. The smallest absolute Gasteiger partial charge is 0.278 e. The number of halogens is 3. The maximum atomic E-state index is 12.9. The fourth-order valence-corrected chi connectivity index (χ4v) is 1.93. The first kappa shape index (κ1) is 7.21. The van der Waals surface area contributed by atoms with Gasteiger partial charge >= 0.3 is 0 Å². The van der Waals surface area contributed by atoms with E-state index in [2.05, 4.69) is 26.1 Å². The van der Waals surface area contributed by atoms with Gasteiger partial charge in [0.15, 0.2) is 0 Å². The van der Waals surface area contributed by atoms with Crippen LogP contribution in [0.1, 0.15) is 17.7 Å². The van der Waals surface area contributed by atoms with Crippen LogP contribution in [0, 0.1) is 0 Å². The Kier molecular flexibility index (Phi) is 1.33. The van der Waals surface area contributed by atoms with Crippen molar-refractivity contribution < 1.29 is 8.78 Å².